The van der Waals surface area contributed by atoms with Crippen LogP contribution in [0.1, 0.15) is 49.5 Å². The highest BCUT2D eigenvalue weighted by atomic mass is 16.5. The summed E-state index contributed by atoms with van der Waals surface area (Å²) in [6.45, 7) is 7.75. The summed E-state index contributed by atoms with van der Waals surface area (Å²) in [4.78, 5) is 12.0. The summed E-state index contributed by atoms with van der Waals surface area (Å²) in [5.74, 6) is 0.841. The Morgan fingerprint density at radius 1 is 1.33 bits per heavy atom. The van der Waals surface area contributed by atoms with Crippen molar-refractivity contribution in [1.29, 1.82) is 0 Å². The lowest BCUT2D eigenvalue weighted by atomic mass is 9.98. The number of rotatable bonds is 8. The molecule has 1 aromatic carbocycles. The third-order valence-corrected chi connectivity index (χ3v) is 2.79. The van der Waals surface area contributed by atoms with Gasteiger partial charge in [0.2, 0.25) is 0 Å². The second-order valence-electron chi connectivity index (χ2n) is 5.02. The highest BCUT2D eigenvalue weighted by molar-refractivity contribution is 5.96. The van der Waals surface area contributed by atoms with Gasteiger partial charge in [0.05, 0.1) is 0 Å². The largest absolute Gasteiger partial charge is 0.382 e. The second kappa shape index (κ2) is 8.04. The number of hydrogen-bond donors (Lipinski definition) is 0. The third kappa shape index (κ3) is 5.46. The van der Waals surface area contributed by atoms with Gasteiger partial charge in [0.25, 0.3) is 0 Å². The van der Waals surface area contributed by atoms with Crippen LogP contribution in [0.25, 0.3) is 0 Å². The van der Waals surface area contributed by atoms with Crippen LogP contribution in [0.2, 0.25) is 0 Å². The van der Waals surface area contributed by atoms with Crippen molar-refractivity contribution in [3.63, 3.8) is 0 Å². The van der Waals surface area contributed by atoms with E-state index in [1.807, 2.05) is 25.1 Å². The monoisotopic (exact) mass is 248 g/mol. The number of benzene rings is 1. The molecule has 0 aliphatic rings. The van der Waals surface area contributed by atoms with E-state index in [9.17, 15) is 4.79 Å². The van der Waals surface area contributed by atoms with Gasteiger partial charge in [-0.05, 0) is 37.3 Å². The fraction of sp³-hybridized carbons (Fsp3) is 0.562. The zero-order valence-corrected chi connectivity index (χ0v) is 11.7. The Morgan fingerprint density at radius 2 is 2.11 bits per heavy atom. The average Bonchev–Trinajstić information content (AvgIpc) is 2.34. The summed E-state index contributed by atoms with van der Waals surface area (Å²) in [7, 11) is 0. The number of Topliss-reactive ketones (excluding diaryl/α,β-unsaturated/α-hetero) is 1. The van der Waals surface area contributed by atoms with Gasteiger partial charge in [-0.3, -0.25) is 4.79 Å². The Labute approximate surface area is 110 Å². The fourth-order valence-corrected chi connectivity index (χ4v) is 1.97. The molecule has 1 aromatic rings. The second-order valence-corrected chi connectivity index (χ2v) is 5.02. The molecule has 0 atom stereocenters. The van der Waals surface area contributed by atoms with E-state index in [0.717, 1.165) is 25.0 Å². The summed E-state index contributed by atoms with van der Waals surface area (Å²) in [6.07, 6.45) is 2.41. The molecule has 18 heavy (non-hydrogen) atoms. The van der Waals surface area contributed by atoms with Crippen molar-refractivity contribution in [2.24, 2.45) is 5.92 Å². The van der Waals surface area contributed by atoms with E-state index in [4.69, 9.17) is 4.74 Å². The molecule has 2 nitrogen and oxygen atoms in total. The van der Waals surface area contributed by atoms with Crippen molar-refractivity contribution in [1.82, 2.24) is 0 Å². The molecule has 0 bridgehead atoms. The highest BCUT2D eigenvalue weighted by Crippen LogP contribution is 2.12. The first-order valence-electron chi connectivity index (χ1n) is 6.83. The lowest BCUT2D eigenvalue weighted by Gasteiger charge is -2.07. The molecular formula is C16H24O2. The smallest absolute Gasteiger partial charge is 0.162 e. The topological polar surface area (TPSA) is 26.3 Å². The molecule has 0 heterocycles. The van der Waals surface area contributed by atoms with Crippen LogP contribution in [0.15, 0.2) is 24.3 Å². The van der Waals surface area contributed by atoms with Gasteiger partial charge in [-0.25, -0.2) is 0 Å². The normalized spacial score (nSPS) is 10.9. The van der Waals surface area contributed by atoms with E-state index >= 15 is 0 Å². The van der Waals surface area contributed by atoms with Crippen molar-refractivity contribution >= 4 is 5.78 Å². The molecule has 0 saturated carbocycles. The predicted octanol–water partition coefficient (Wildman–Crippen LogP) is 3.88. The first-order chi connectivity index (χ1) is 8.63. The number of ether oxygens (including phenoxy) is 1. The number of carbonyl (C=O) groups excluding carboxylic acids is 1. The van der Waals surface area contributed by atoms with Gasteiger partial charge >= 0.3 is 0 Å². The van der Waals surface area contributed by atoms with E-state index in [-0.39, 0.29) is 5.78 Å². The van der Waals surface area contributed by atoms with Gasteiger partial charge in [-0.15, -0.1) is 0 Å². The molecule has 0 N–H and O–H groups in total. The molecule has 0 aromatic heterocycles. The van der Waals surface area contributed by atoms with Crippen LogP contribution in [0.4, 0.5) is 0 Å². The van der Waals surface area contributed by atoms with Crippen LogP contribution in [-0.2, 0) is 11.2 Å². The zero-order chi connectivity index (χ0) is 13.4. The predicted molar refractivity (Wildman–Crippen MR) is 75.0 cm³/mol. The Hall–Kier alpha value is -1.15. The minimum atomic E-state index is 0.223. The van der Waals surface area contributed by atoms with E-state index in [1.54, 1.807) is 0 Å². The van der Waals surface area contributed by atoms with Gasteiger partial charge in [0.15, 0.2) is 5.78 Å². The molecule has 0 unspecified atom stereocenters. The van der Waals surface area contributed by atoms with Crippen molar-refractivity contribution < 1.29 is 9.53 Å². The van der Waals surface area contributed by atoms with Crippen molar-refractivity contribution in [2.75, 3.05) is 13.2 Å². The minimum absolute atomic E-state index is 0.223. The maximum Gasteiger partial charge on any atom is 0.162 e. The minimum Gasteiger partial charge on any atom is -0.382 e. The first kappa shape index (κ1) is 14.9. The fourth-order valence-electron chi connectivity index (χ4n) is 1.97. The van der Waals surface area contributed by atoms with Crippen molar-refractivity contribution in [3.8, 4) is 0 Å². The summed E-state index contributed by atoms with van der Waals surface area (Å²) in [5, 5.41) is 0. The SMILES string of the molecule is CCOCCCC(=O)c1cccc(CC(C)C)c1. The Kier molecular flexibility index (Phi) is 6.66. The number of hydrogen-bond acceptors (Lipinski definition) is 2. The van der Waals surface area contributed by atoms with Crippen LogP contribution < -0.4 is 0 Å². The lowest BCUT2D eigenvalue weighted by molar-refractivity contribution is 0.0947. The Morgan fingerprint density at radius 3 is 2.78 bits per heavy atom. The third-order valence-electron chi connectivity index (χ3n) is 2.79. The summed E-state index contributed by atoms with van der Waals surface area (Å²) < 4.78 is 5.24. The van der Waals surface area contributed by atoms with Crippen molar-refractivity contribution in [2.45, 2.75) is 40.0 Å². The van der Waals surface area contributed by atoms with E-state index in [2.05, 4.69) is 19.9 Å². The molecule has 0 fully saturated rings. The molecular weight excluding hydrogens is 224 g/mol. The van der Waals surface area contributed by atoms with Crippen LogP contribution in [0.3, 0.4) is 0 Å². The zero-order valence-electron chi connectivity index (χ0n) is 11.7. The molecule has 0 aliphatic heterocycles. The first-order valence-corrected chi connectivity index (χ1v) is 6.83. The summed E-state index contributed by atoms with van der Waals surface area (Å²) >= 11 is 0. The van der Waals surface area contributed by atoms with Crippen LogP contribution >= 0.6 is 0 Å². The Bertz CT molecular complexity index is 369. The maximum absolute atomic E-state index is 12.0. The molecule has 0 amide bonds. The van der Waals surface area contributed by atoms with Crippen LogP contribution in [0, 0.1) is 5.92 Å². The maximum atomic E-state index is 12.0. The van der Waals surface area contributed by atoms with E-state index in [1.165, 1.54) is 5.56 Å². The highest BCUT2D eigenvalue weighted by Gasteiger charge is 2.07. The lowest BCUT2D eigenvalue weighted by Crippen LogP contribution is -2.03. The molecule has 100 valence electrons. The quantitative estimate of drug-likeness (QED) is 0.515. The summed E-state index contributed by atoms with van der Waals surface area (Å²) in [5.41, 5.74) is 2.09. The van der Waals surface area contributed by atoms with Gasteiger partial charge in [-0.2, -0.15) is 0 Å². The van der Waals surface area contributed by atoms with Crippen molar-refractivity contribution in [3.05, 3.63) is 35.4 Å². The molecule has 0 radical (unpaired) electrons. The summed E-state index contributed by atoms with van der Waals surface area (Å²) in [6, 6.07) is 8.01. The van der Waals surface area contributed by atoms with Gasteiger partial charge in [-0.1, -0.05) is 32.0 Å². The van der Waals surface area contributed by atoms with E-state index in [0.29, 0.717) is 18.9 Å². The number of carbonyl (C=O) groups is 1. The average molecular weight is 248 g/mol. The van der Waals surface area contributed by atoms with E-state index < -0.39 is 0 Å². The molecule has 0 spiro atoms. The van der Waals surface area contributed by atoms with Crippen LogP contribution in [0.5, 0.6) is 0 Å². The molecule has 2 heteroatoms. The van der Waals surface area contributed by atoms with Crippen LogP contribution in [-0.4, -0.2) is 19.0 Å². The van der Waals surface area contributed by atoms with Gasteiger partial charge < -0.3 is 4.74 Å². The Balaban J connectivity index is 2.51. The number of ketones is 1. The molecule has 0 aliphatic carbocycles. The van der Waals surface area contributed by atoms with Gasteiger partial charge in [0.1, 0.15) is 0 Å². The van der Waals surface area contributed by atoms with Gasteiger partial charge in [0, 0.05) is 25.2 Å². The standard InChI is InChI=1S/C16H24O2/c1-4-18-10-6-9-16(17)15-8-5-7-14(12-15)11-13(2)3/h5,7-8,12-13H,4,6,9-11H2,1-3H3. The molecule has 0 saturated heterocycles. The molecule has 1 rings (SSSR count).